The van der Waals surface area contributed by atoms with Gasteiger partial charge in [-0.15, -0.1) is 0 Å². The number of hydrogen-bond donors (Lipinski definition) is 2. The number of rotatable bonds is 8. The number of halogens is 1. The second kappa shape index (κ2) is 8.90. The van der Waals surface area contributed by atoms with Crippen molar-refractivity contribution in [2.24, 2.45) is 0 Å². The first-order valence-electron chi connectivity index (χ1n) is 5.94. The fourth-order valence-corrected chi connectivity index (χ4v) is 1.63. The molecule has 0 spiro atoms. The van der Waals surface area contributed by atoms with E-state index >= 15 is 0 Å². The summed E-state index contributed by atoms with van der Waals surface area (Å²) in [6.45, 7) is 0.689. The molecule has 5 nitrogen and oxygen atoms in total. The van der Waals surface area contributed by atoms with E-state index in [1.54, 1.807) is 0 Å². The average Bonchev–Trinajstić information content (AvgIpc) is 2.39. The third-order valence-electron chi connectivity index (χ3n) is 2.31. The quantitative estimate of drug-likeness (QED) is 0.754. The first-order valence-corrected chi connectivity index (χ1v) is 6.73. The maximum atomic E-state index is 11.4. The predicted molar refractivity (Wildman–Crippen MR) is 75.1 cm³/mol. The number of benzene rings is 1. The molecule has 0 aliphatic rings. The summed E-state index contributed by atoms with van der Waals surface area (Å²) in [5.74, 6) is 0.558. The number of aliphatic hydroxyl groups is 1. The van der Waals surface area contributed by atoms with Crippen molar-refractivity contribution in [3.05, 3.63) is 28.7 Å². The second-order valence-corrected chi connectivity index (χ2v) is 4.88. The van der Waals surface area contributed by atoms with Crippen molar-refractivity contribution in [2.45, 2.75) is 12.5 Å². The van der Waals surface area contributed by atoms with E-state index in [4.69, 9.17) is 9.47 Å². The maximum absolute atomic E-state index is 11.4. The number of hydrogen-bond acceptors (Lipinski definition) is 4. The zero-order valence-electron chi connectivity index (χ0n) is 10.8. The Hall–Kier alpha value is -1.11. The molecule has 0 aliphatic carbocycles. The van der Waals surface area contributed by atoms with Crippen molar-refractivity contribution in [3.63, 3.8) is 0 Å². The standard InChI is InChI=1S/C13H18BrNO4/c1-18-9-11(16)8-15-13(17)6-7-19-12-4-2-10(14)3-5-12/h2-5,11,16H,6-9H2,1H3,(H,15,17). The number of ether oxygens (including phenoxy) is 2. The molecule has 1 unspecified atom stereocenters. The van der Waals surface area contributed by atoms with Crippen LogP contribution in [0.2, 0.25) is 0 Å². The topological polar surface area (TPSA) is 67.8 Å². The van der Waals surface area contributed by atoms with Gasteiger partial charge in [-0.3, -0.25) is 4.79 Å². The highest BCUT2D eigenvalue weighted by molar-refractivity contribution is 9.10. The van der Waals surface area contributed by atoms with Crippen molar-refractivity contribution in [1.82, 2.24) is 5.32 Å². The first-order chi connectivity index (χ1) is 9.11. The van der Waals surface area contributed by atoms with Crippen LogP contribution >= 0.6 is 15.9 Å². The third-order valence-corrected chi connectivity index (χ3v) is 2.83. The number of methoxy groups -OCH3 is 1. The van der Waals surface area contributed by atoms with E-state index in [1.807, 2.05) is 24.3 Å². The summed E-state index contributed by atoms with van der Waals surface area (Å²) in [5, 5.41) is 12.0. The molecule has 0 saturated carbocycles. The van der Waals surface area contributed by atoms with Gasteiger partial charge in [0.25, 0.3) is 0 Å². The monoisotopic (exact) mass is 331 g/mol. The molecule has 0 aliphatic heterocycles. The molecule has 0 heterocycles. The molecule has 1 amide bonds. The van der Waals surface area contributed by atoms with E-state index in [1.165, 1.54) is 7.11 Å². The van der Waals surface area contributed by atoms with Crippen molar-refractivity contribution in [1.29, 1.82) is 0 Å². The van der Waals surface area contributed by atoms with Gasteiger partial charge in [0.1, 0.15) is 5.75 Å². The molecule has 0 fully saturated rings. The number of carbonyl (C=O) groups is 1. The maximum Gasteiger partial charge on any atom is 0.223 e. The van der Waals surface area contributed by atoms with Crippen LogP contribution in [0.15, 0.2) is 28.7 Å². The van der Waals surface area contributed by atoms with E-state index in [-0.39, 0.29) is 25.5 Å². The lowest BCUT2D eigenvalue weighted by atomic mass is 10.3. The molecule has 19 heavy (non-hydrogen) atoms. The molecule has 0 radical (unpaired) electrons. The molecule has 106 valence electrons. The normalized spacial score (nSPS) is 11.9. The van der Waals surface area contributed by atoms with Crippen LogP contribution in [-0.4, -0.2) is 44.0 Å². The zero-order chi connectivity index (χ0) is 14.1. The molecule has 1 aromatic carbocycles. The highest BCUT2D eigenvalue weighted by atomic mass is 79.9. The van der Waals surface area contributed by atoms with Crippen LogP contribution < -0.4 is 10.1 Å². The van der Waals surface area contributed by atoms with Gasteiger partial charge in [-0.2, -0.15) is 0 Å². The van der Waals surface area contributed by atoms with Crippen LogP contribution in [-0.2, 0) is 9.53 Å². The van der Waals surface area contributed by atoms with Crippen LogP contribution in [0.3, 0.4) is 0 Å². The minimum atomic E-state index is -0.679. The molecule has 6 heteroatoms. The van der Waals surface area contributed by atoms with Crippen LogP contribution in [0, 0.1) is 0 Å². The van der Waals surface area contributed by atoms with Crippen molar-refractivity contribution in [2.75, 3.05) is 26.9 Å². The fourth-order valence-electron chi connectivity index (χ4n) is 1.36. The van der Waals surface area contributed by atoms with Gasteiger partial charge in [-0.05, 0) is 24.3 Å². The summed E-state index contributed by atoms with van der Waals surface area (Å²) in [6.07, 6.45) is -0.434. The van der Waals surface area contributed by atoms with Crippen LogP contribution in [0.1, 0.15) is 6.42 Å². The number of carbonyl (C=O) groups excluding carboxylic acids is 1. The molecule has 1 aromatic rings. The Morgan fingerprint density at radius 2 is 2.11 bits per heavy atom. The summed E-state index contributed by atoms with van der Waals surface area (Å²) < 4.78 is 11.1. The SMILES string of the molecule is COCC(O)CNC(=O)CCOc1ccc(Br)cc1. The Morgan fingerprint density at radius 3 is 2.74 bits per heavy atom. The molecule has 0 bridgehead atoms. The van der Waals surface area contributed by atoms with Gasteiger partial charge >= 0.3 is 0 Å². The molecule has 0 saturated heterocycles. The molecule has 1 rings (SSSR count). The molecule has 1 atom stereocenters. The van der Waals surface area contributed by atoms with Gasteiger partial charge in [0.05, 0.1) is 25.7 Å². The van der Waals surface area contributed by atoms with E-state index in [0.29, 0.717) is 6.61 Å². The predicted octanol–water partition coefficient (Wildman–Crippen LogP) is 1.34. The van der Waals surface area contributed by atoms with Crippen molar-refractivity contribution >= 4 is 21.8 Å². The number of nitrogens with one attached hydrogen (secondary N) is 1. The van der Waals surface area contributed by atoms with Gasteiger partial charge < -0.3 is 19.9 Å². The first kappa shape index (κ1) is 15.9. The minimum Gasteiger partial charge on any atom is -0.493 e. The van der Waals surface area contributed by atoms with Gasteiger partial charge in [0.15, 0.2) is 0 Å². The van der Waals surface area contributed by atoms with Crippen LogP contribution in [0.25, 0.3) is 0 Å². The second-order valence-electron chi connectivity index (χ2n) is 3.97. The highest BCUT2D eigenvalue weighted by Crippen LogP contribution is 2.16. The minimum absolute atomic E-state index is 0.160. The Kier molecular flexibility index (Phi) is 7.47. The van der Waals surface area contributed by atoms with Gasteiger partial charge in [0, 0.05) is 18.1 Å². The molecular weight excluding hydrogens is 314 g/mol. The lowest BCUT2D eigenvalue weighted by Gasteiger charge is -2.11. The van der Waals surface area contributed by atoms with Crippen molar-refractivity contribution in [3.8, 4) is 5.75 Å². The summed E-state index contributed by atoms with van der Waals surface area (Å²) in [7, 11) is 1.50. The molecule has 0 aromatic heterocycles. The molecule has 2 N–H and O–H groups in total. The fraction of sp³-hybridized carbons (Fsp3) is 0.462. The Morgan fingerprint density at radius 1 is 1.42 bits per heavy atom. The molecular formula is C13H18BrNO4. The van der Waals surface area contributed by atoms with E-state index < -0.39 is 6.10 Å². The highest BCUT2D eigenvalue weighted by Gasteiger charge is 2.06. The summed E-state index contributed by atoms with van der Waals surface area (Å²) in [4.78, 5) is 11.4. The Bertz CT molecular complexity index is 383. The summed E-state index contributed by atoms with van der Waals surface area (Å²) in [6, 6.07) is 7.39. The lowest BCUT2D eigenvalue weighted by molar-refractivity contribution is -0.122. The van der Waals surface area contributed by atoms with Gasteiger partial charge in [0.2, 0.25) is 5.91 Å². The summed E-state index contributed by atoms with van der Waals surface area (Å²) in [5.41, 5.74) is 0. The lowest BCUT2D eigenvalue weighted by Crippen LogP contribution is -2.34. The average molecular weight is 332 g/mol. The largest absolute Gasteiger partial charge is 0.493 e. The van der Waals surface area contributed by atoms with E-state index in [2.05, 4.69) is 21.2 Å². The van der Waals surface area contributed by atoms with Gasteiger partial charge in [-0.1, -0.05) is 15.9 Å². The smallest absolute Gasteiger partial charge is 0.223 e. The van der Waals surface area contributed by atoms with E-state index in [0.717, 1.165) is 10.2 Å². The number of amides is 1. The van der Waals surface area contributed by atoms with Crippen molar-refractivity contribution < 1.29 is 19.4 Å². The van der Waals surface area contributed by atoms with Crippen LogP contribution in [0.4, 0.5) is 0 Å². The van der Waals surface area contributed by atoms with E-state index in [9.17, 15) is 9.90 Å². The van der Waals surface area contributed by atoms with Gasteiger partial charge in [-0.25, -0.2) is 0 Å². The Labute approximate surface area is 121 Å². The summed E-state index contributed by atoms with van der Waals surface area (Å²) >= 11 is 3.33. The third kappa shape index (κ3) is 7.15. The zero-order valence-corrected chi connectivity index (χ0v) is 12.4. The van der Waals surface area contributed by atoms with Crippen LogP contribution in [0.5, 0.6) is 5.75 Å². The number of aliphatic hydroxyl groups excluding tert-OH is 1. The Balaban J connectivity index is 2.15.